The van der Waals surface area contributed by atoms with Crippen LogP contribution in [0.3, 0.4) is 0 Å². The Hall–Kier alpha value is -1.87. The molecule has 3 heteroatoms. The molecule has 2 heterocycles. The number of hydrogen-bond acceptors (Lipinski definition) is 2. The highest BCUT2D eigenvalue weighted by Gasteiger charge is 2.20. The normalized spacial score (nSPS) is 16.5. The summed E-state index contributed by atoms with van der Waals surface area (Å²) in [6.07, 6.45) is 1.88. The first-order valence-corrected chi connectivity index (χ1v) is 6.95. The number of pyridine rings is 1. The van der Waals surface area contributed by atoms with E-state index in [4.69, 9.17) is 0 Å². The maximum Gasteiger partial charge on any atom is 0.120 e. The van der Waals surface area contributed by atoms with Gasteiger partial charge in [-0.2, -0.15) is 0 Å². The van der Waals surface area contributed by atoms with Crippen molar-refractivity contribution in [3.05, 3.63) is 60.4 Å². The van der Waals surface area contributed by atoms with Crippen molar-refractivity contribution in [1.29, 1.82) is 0 Å². The fraction of sp³-hybridized carbons (Fsp3) is 0.312. The minimum absolute atomic E-state index is 1.05. The van der Waals surface area contributed by atoms with Crippen LogP contribution in [0.2, 0.25) is 0 Å². The number of hydrogen-bond donors (Lipinski definition) is 1. The minimum atomic E-state index is 1.05. The van der Waals surface area contributed by atoms with E-state index in [2.05, 4.69) is 52.3 Å². The van der Waals surface area contributed by atoms with Crippen LogP contribution in [0.1, 0.15) is 5.69 Å². The van der Waals surface area contributed by atoms with Gasteiger partial charge >= 0.3 is 0 Å². The lowest BCUT2D eigenvalue weighted by Crippen LogP contribution is -3.13. The van der Waals surface area contributed by atoms with Gasteiger partial charge in [0.15, 0.2) is 0 Å². The topological polar surface area (TPSA) is 20.6 Å². The molecular formula is C16H20N3+. The van der Waals surface area contributed by atoms with E-state index >= 15 is 0 Å². The number of piperazine rings is 1. The van der Waals surface area contributed by atoms with Gasteiger partial charge in [-0.15, -0.1) is 0 Å². The van der Waals surface area contributed by atoms with E-state index in [9.17, 15) is 0 Å². The number of nitrogens with one attached hydrogen (secondary N) is 1. The average Bonchev–Trinajstić information content (AvgIpc) is 2.50. The van der Waals surface area contributed by atoms with Crippen LogP contribution in [0.5, 0.6) is 0 Å². The molecular weight excluding hydrogens is 234 g/mol. The molecule has 0 aliphatic carbocycles. The van der Waals surface area contributed by atoms with E-state index in [0.29, 0.717) is 0 Å². The van der Waals surface area contributed by atoms with Crippen molar-refractivity contribution in [2.45, 2.75) is 6.54 Å². The number of para-hydroxylation sites is 1. The summed E-state index contributed by atoms with van der Waals surface area (Å²) in [5.41, 5.74) is 2.55. The number of nitrogens with zero attached hydrogens (tertiary/aromatic N) is 2. The predicted octanol–water partition coefficient (Wildman–Crippen LogP) is 0.987. The van der Waals surface area contributed by atoms with Crippen LogP contribution in [-0.4, -0.2) is 31.2 Å². The van der Waals surface area contributed by atoms with E-state index in [1.807, 2.05) is 12.3 Å². The summed E-state index contributed by atoms with van der Waals surface area (Å²) in [6.45, 7) is 5.68. The third-order valence-corrected chi connectivity index (χ3v) is 3.75. The number of quaternary nitrogens is 1. The van der Waals surface area contributed by atoms with Gasteiger partial charge in [-0.25, -0.2) is 0 Å². The molecule has 0 atom stereocenters. The van der Waals surface area contributed by atoms with Crippen molar-refractivity contribution in [3.8, 4) is 0 Å². The fourth-order valence-electron chi connectivity index (χ4n) is 2.66. The maximum atomic E-state index is 4.42. The molecule has 3 rings (SSSR count). The van der Waals surface area contributed by atoms with E-state index in [1.54, 1.807) is 4.90 Å². The Balaban J connectivity index is 1.55. The molecule has 0 radical (unpaired) electrons. The van der Waals surface area contributed by atoms with E-state index in [1.165, 1.54) is 24.5 Å². The lowest BCUT2D eigenvalue weighted by molar-refractivity contribution is -0.914. The van der Waals surface area contributed by atoms with Crippen molar-refractivity contribution in [2.24, 2.45) is 0 Å². The minimum Gasteiger partial charge on any atom is -0.360 e. The van der Waals surface area contributed by atoms with Gasteiger partial charge < -0.3 is 9.80 Å². The van der Waals surface area contributed by atoms with Crippen LogP contribution in [0.4, 0.5) is 5.69 Å². The van der Waals surface area contributed by atoms with Crippen LogP contribution in [0.15, 0.2) is 54.7 Å². The molecule has 0 amide bonds. The predicted molar refractivity (Wildman–Crippen MR) is 77.3 cm³/mol. The molecule has 1 N–H and O–H groups in total. The van der Waals surface area contributed by atoms with Gasteiger partial charge in [0.25, 0.3) is 0 Å². The second-order valence-corrected chi connectivity index (χ2v) is 5.07. The standard InChI is InChI=1S/C16H19N3/c1-2-7-16(8-3-1)19-12-10-18(11-13-19)14-15-6-4-5-9-17-15/h1-9H,10-14H2/p+1. The SMILES string of the molecule is c1ccc(N2CC[NH+](Cc3ccccn3)CC2)cc1. The first-order valence-electron chi connectivity index (χ1n) is 6.95. The van der Waals surface area contributed by atoms with Crippen LogP contribution < -0.4 is 9.80 Å². The molecule has 19 heavy (non-hydrogen) atoms. The van der Waals surface area contributed by atoms with Crippen molar-refractivity contribution < 1.29 is 4.90 Å². The molecule has 1 aliphatic heterocycles. The maximum absolute atomic E-state index is 4.42. The second kappa shape index (κ2) is 5.85. The molecule has 98 valence electrons. The molecule has 2 aromatic rings. The largest absolute Gasteiger partial charge is 0.360 e. The second-order valence-electron chi connectivity index (χ2n) is 5.07. The summed E-state index contributed by atoms with van der Waals surface area (Å²) < 4.78 is 0. The smallest absolute Gasteiger partial charge is 0.120 e. The van der Waals surface area contributed by atoms with Gasteiger partial charge in [0.05, 0.1) is 31.9 Å². The zero-order chi connectivity index (χ0) is 12.9. The number of aromatic nitrogens is 1. The Morgan fingerprint density at radius 1 is 0.947 bits per heavy atom. The monoisotopic (exact) mass is 254 g/mol. The Kier molecular flexibility index (Phi) is 3.75. The molecule has 1 aliphatic rings. The number of benzene rings is 1. The molecule has 0 saturated carbocycles. The first kappa shape index (κ1) is 12.2. The van der Waals surface area contributed by atoms with E-state index in [0.717, 1.165) is 19.6 Å². The van der Waals surface area contributed by atoms with Crippen LogP contribution in [0.25, 0.3) is 0 Å². The van der Waals surface area contributed by atoms with Gasteiger partial charge in [-0.1, -0.05) is 24.3 Å². The van der Waals surface area contributed by atoms with Crippen molar-refractivity contribution >= 4 is 5.69 Å². The molecule has 3 nitrogen and oxygen atoms in total. The third kappa shape index (κ3) is 3.12. The highest BCUT2D eigenvalue weighted by Crippen LogP contribution is 2.12. The Morgan fingerprint density at radius 2 is 1.68 bits per heavy atom. The van der Waals surface area contributed by atoms with Gasteiger partial charge in [-0.3, -0.25) is 4.98 Å². The summed E-state index contributed by atoms with van der Waals surface area (Å²) in [4.78, 5) is 8.52. The number of anilines is 1. The Bertz CT molecular complexity index is 490. The highest BCUT2D eigenvalue weighted by molar-refractivity contribution is 5.46. The first-order chi connectivity index (χ1) is 9.42. The molecule has 0 spiro atoms. The molecule has 0 bridgehead atoms. The summed E-state index contributed by atoms with van der Waals surface area (Å²) in [5, 5.41) is 0. The fourth-order valence-corrected chi connectivity index (χ4v) is 2.66. The number of rotatable bonds is 3. The molecule has 1 fully saturated rings. The molecule has 0 unspecified atom stereocenters. The zero-order valence-electron chi connectivity index (χ0n) is 11.1. The quantitative estimate of drug-likeness (QED) is 0.881. The Morgan fingerprint density at radius 3 is 2.37 bits per heavy atom. The summed E-state index contributed by atoms with van der Waals surface area (Å²) in [5.74, 6) is 0. The third-order valence-electron chi connectivity index (χ3n) is 3.75. The summed E-state index contributed by atoms with van der Waals surface area (Å²) >= 11 is 0. The van der Waals surface area contributed by atoms with Crippen LogP contribution >= 0.6 is 0 Å². The molecule has 1 aromatic heterocycles. The Labute approximate surface area is 114 Å². The average molecular weight is 254 g/mol. The van der Waals surface area contributed by atoms with Gasteiger partial charge in [0.1, 0.15) is 6.54 Å². The summed E-state index contributed by atoms with van der Waals surface area (Å²) in [6, 6.07) is 16.9. The van der Waals surface area contributed by atoms with Crippen LogP contribution in [-0.2, 0) is 6.54 Å². The van der Waals surface area contributed by atoms with Crippen molar-refractivity contribution in [1.82, 2.24) is 4.98 Å². The zero-order valence-corrected chi connectivity index (χ0v) is 11.1. The highest BCUT2D eigenvalue weighted by atomic mass is 15.3. The van der Waals surface area contributed by atoms with E-state index in [-0.39, 0.29) is 0 Å². The van der Waals surface area contributed by atoms with Crippen molar-refractivity contribution in [3.63, 3.8) is 0 Å². The van der Waals surface area contributed by atoms with Crippen molar-refractivity contribution in [2.75, 3.05) is 31.1 Å². The summed E-state index contributed by atoms with van der Waals surface area (Å²) in [7, 11) is 0. The van der Waals surface area contributed by atoms with Crippen LogP contribution in [0, 0.1) is 0 Å². The molecule has 1 saturated heterocycles. The van der Waals surface area contributed by atoms with Gasteiger partial charge in [0.2, 0.25) is 0 Å². The lowest BCUT2D eigenvalue weighted by atomic mass is 10.2. The molecule has 1 aromatic carbocycles. The van der Waals surface area contributed by atoms with Gasteiger partial charge in [0, 0.05) is 11.9 Å². The lowest BCUT2D eigenvalue weighted by Gasteiger charge is -2.33. The van der Waals surface area contributed by atoms with Gasteiger partial charge in [-0.05, 0) is 24.3 Å². The van der Waals surface area contributed by atoms with E-state index < -0.39 is 0 Å².